The van der Waals surface area contributed by atoms with Gasteiger partial charge >= 0.3 is 0 Å². The van der Waals surface area contributed by atoms with E-state index in [-0.39, 0.29) is 47.6 Å². The molecule has 0 unspecified atom stereocenters. The molecule has 1 heterocycles. The van der Waals surface area contributed by atoms with Crippen LogP contribution in [0.1, 0.15) is 95.8 Å². The topological polar surface area (TPSA) is 96.3 Å². The van der Waals surface area contributed by atoms with Gasteiger partial charge < -0.3 is 24.6 Å². The summed E-state index contributed by atoms with van der Waals surface area (Å²) in [5.74, 6) is -0.0475. The van der Waals surface area contributed by atoms with Crippen molar-refractivity contribution in [3.8, 4) is 11.5 Å². The molecule has 2 bridgehead atoms. The molecule has 2 N–H and O–H groups in total. The number of halogens is 2. The molecular formula is C46H53ClFNO6S. The maximum Gasteiger partial charge on any atom is 0.227 e. The van der Waals surface area contributed by atoms with E-state index in [4.69, 9.17) is 21.1 Å². The number of methoxy groups -OCH3 is 2. The van der Waals surface area contributed by atoms with Gasteiger partial charge in [-0.3, -0.25) is 9.59 Å². The highest BCUT2D eigenvalue weighted by molar-refractivity contribution is 7.09. The second kappa shape index (κ2) is 18.1. The summed E-state index contributed by atoms with van der Waals surface area (Å²) in [5, 5.41) is 26.3. The monoisotopic (exact) mass is 801 g/mol. The van der Waals surface area contributed by atoms with Crippen LogP contribution in [-0.4, -0.2) is 65.8 Å². The summed E-state index contributed by atoms with van der Waals surface area (Å²) in [4.78, 5) is 31.7. The maximum absolute atomic E-state index is 15.0. The lowest BCUT2D eigenvalue weighted by atomic mass is 9.64. The molecule has 7 rings (SSSR count). The van der Waals surface area contributed by atoms with Crippen LogP contribution >= 0.6 is 22.9 Å². The van der Waals surface area contributed by atoms with E-state index >= 15 is 4.39 Å². The summed E-state index contributed by atoms with van der Waals surface area (Å²) in [6.45, 7) is 4.74. The van der Waals surface area contributed by atoms with E-state index in [1.54, 1.807) is 37.7 Å². The molecule has 7 nitrogen and oxygen atoms in total. The van der Waals surface area contributed by atoms with Gasteiger partial charge in [-0.05, 0) is 123 Å². The van der Waals surface area contributed by atoms with E-state index < -0.39 is 22.9 Å². The molecular weight excluding hydrogens is 749 g/mol. The number of amides is 1. The number of aliphatic hydroxyl groups is 2. The third-order valence-corrected chi connectivity index (χ3v) is 13.5. The largest absolute Gasteiger partial charge is 0.493 e. The summed E-state index contributed by atoms with van der Waals surface area (Å²) in [7, 11) is 3.14. The Bertz CT molecular complexity index is 2030. The molecule has 1 saturated carbocycles. The number of Topliss-reactive ketones (excluding diaryl/α,β-unsaturated/α-hetero) is 1. The van der Waals surface area contributed by atoms with Gasteiger partial charge in [0.25, 0.3) is 0 Å². The maximum atomic E-state index is 15.0. The van der Waals surface area contributed by atoms with Crippen LogP contribution in [0.3, 0.4) is 0 Å². The highest BCUT2D eigenvalue weighted by Gasteiger charge is 2.57. The molecule has 0 spiro atoms. The lowest BCUT2D eigenvalue weighted by Gasteiger charge is -2.46. The third-order valence-electron chi connectivity index (χ3n) is 12.2. The summed E-state index contributed by atoms with van der Waals surface area (Å²) in [6, 6.07) is 19.7. The van der Waals surface area contributed by atoms with Crippen molar-refractivity contribution in [3.05, 3.63) is 127 Å². The van der Waals surface area contributed by atoms with Gasteiger partial charge in [-0.1, -0.05) is 60.5 Å². The zero-order valence-corrected chi connectivity index (χ0v) is 34.4. The van der Waals surface area contributed by atoms with E-state index in [1.165, 1.54) is 17.7 Å². The van der Waals surface area contributed by atoms with Gasteiger partial charge in [0.05, 0.1) is 32.3 Å². The van der Waals surface area contributed by atoms with Crippen molar-refractivity contribution in [1.82, 2.24) is 4.90 Å². The predicted octanol–water partition coefficient (Wildman–Crippen LogP) is 9.34. The number of carbonyl (C=O) groups excluding carboxylic acids is 2. The molecule has 0 radical (unpaired) electrons. The number of aliphatic hydroxyl groups excluding tert-OH is 1. The Hall–Kier alpha value is -4.02. The Morgan fingerprint density at radius 2 is 1.80 bits per heavy atom. The van der Waals surface area contributed by atoms with E-state index in [2.05, 4.69) is 26.0 Å². The summed E-state index contributed by atoms with van der Waals surface area (Å²) in [5.41, 5.74) is 2.10. The molecule has 0 aliphatic heterocycles. The van der Waals surface area contributed by atoms with Gasteiger partial charge in [0.2, 0.25) is 5.91 Å². The number of benzene rings is 3. The van der Waals surface area contributed by atoms with Crippen LogP contribution < -0.4 is 9.47 Å². The molecule has 4 aromatic rings. The summed E-state index contributed by atoms with van der Waals surface area (Å²) in [6.07, 6.45) is 6.12. The van der Waals surface area contributed by atoms with Crippen molar-refractivity contribution in [3.63, 3.8) is 0 Å². The zero-order valence-electron chi connectivity index (χ0n) is 32.8. The third kappa shape index (κ3) is 9.23. The second-order valence-electron chi connectivity index (χ2n) is 15.8. The zero-order chi connectivity index (χ0) is 40.0. The first-order valence-corrected chi connectivity index (χ1v) is 20.8. The minimum absolute atomic E-state index is 0.105. The molecule has 56 heavy (non-hydrogen) atoms. The van der Waals surface area contributed by atoms with E-state index in [0.29, 0.717) is 68.6 Å². The van der Waals surface area contributed by atoms with Gasteiger partial charge in [-0.25, -0.2) is 4.39 Å². The number of hydrogen-bond donors (Lipinski definition) is 2. The van der Waals surface area contributed by atoms with Crippen molar-refractivity contribution in [2.24, 2.45) is 5.41 Å². The number of carbonyl (C=O) groups is 2. The van der Waals surface area contributed by atoms with E-state index in [9.17, 15) is 19.8 Å². The molecule has 0 saturated heterocycles. The van der Waals surface area contributed by atoms with Crippen molar-refractivity contribution in [2.45, 2.75) is 95.7 Å². The van der Waals surface area contributed by atoms with E-state index in [0.717, 1.165) is 28.0 Å². The minimum atomic E-state index is -1.30. The fourth-order valence-electron chi connectivity index (χ4n) is 8.78. The fraction of sp³-hybridized carbons (Fsp3) is 0.435. The molecule has 298 valence electrons. The quantitative estimate of drug-likeness (QED) is 0.110. The Kier molecular flexibility index (Phi) is 13.4. The minimum Gasteiger partial charge on any atom is -0.493 e. The van der Waals surface area contributed by atoms with Crippen LogP contribution in [0.5, 0.6) is 11.5 Å². The first-order valence-electron chi connectivity index (χ1n) is 19.5. The first kappa shape index (κ1) is 41.6. The second-order valence-corrected chi connectivity index (χ2v) is 17.2. The normalized spacial score (nSPS) is 22.5. The van der Waals surface area contributed by atoms with Gasteiger partial charge in [0.1, 0.15) is 5.82 Å². The highest BCUT2D eigenvalue weighted by Crippen LogP contribution is 2.59. The smallest absolute Gasteiger partial charge is 0.227 e. The van der Waals surface area contributed by atoms with Gasteiger partial charge in [0, 0.05) is 46.0 Å². The van der Waals surface area contributed by atoms with Crippen molar-refractivity contribution >= 4 is 34.6 Å². The molecule has 1 fully saturated rings. The van der Waals surface area contributed by atoms with Gasteiger partial charge in [0.15, 0.2) is 17.3 Å². The first-order chi connectivity index (χ1) is 26.8. The molecule has 3 aliphatic carbocycles. The van der Waals surface area contributed by atoms with E-state index in [1.807, 2.05) is 46.7 Å². The Morgan fingerprint density at radius 3 is 2.54 bits per heavy atom. The standard InChI is InChI=1S/C46H53ClFNO6S/c1-30-8-6-20-45(2)38(35-16-13-31(24-33(50)15-12-30)25-36(35)41(51)28-37-39(47)10-5-11-40(37)48)18-21-46(45,53)29-49(22-19-34-9-7-23-56-34)44(52)27-32-14-17-42(54-3)43(26-32)55-4/h5,7-11,13-14,16-17,23,25-26,33,38,50,53H,6,12,15,18-22,24,27-29H2,1-4H3/t33-,38-,45-,46+/m0/s1. The lowest BCUT2D eigenvalue weighted by Crippen LogP contribution is -2.54. The molecule has 10 heteroatoms. The van der Waals surface area contributed by atoms with Crippen molar-refractivity contribution in [2.75, 3.05) is 27.3 Å². The SMILES string of the molecule is COc1ccc(CC(=O)N(CCc2cccs2)C[C@]2(O)CC[C@H]3c4ccc(cc4C(=O)Cc4c(F)cccc4Cl)C[C@@H](O)CCC(C)=CCC[C@@]32C)cc1OC. The van der Waals surface area contributed by atoms with Gasteiger partial charge in [-0.2, -0.15) is 0 Å². The number of thiophene rings is 1. The number of nitrogens with zero attached hydrogens (tertiary/aromatic N) is 1. The van der Waals surface area contributed by atoms with Crippen LogP contribution in [-0.2, 0) is 30.5 Å². The molecule has 1 amide bonds. The molecule has 1 aromatic heterocycles. The number of hydrogen-bond acceptors (Lipinski definition) is 7. The van der Waals surface area contributed by atoms with Crippen LogP contribution in [0.2, 0.25) is 5.02 Å². The Morgan fingerprint density at radius 1 is 1.00 bits per heavy atom. The van der Waals surface area contributed by atoms with Crippen LogP contribution in [0.15, 0.2) is 83.8 Å². The van der Waals surface area contributed by atoms with Crippen molar-refractivity contribution < 1.29 is 33.7 Å². The Balaban J connectivity index is 1.38. The number of rotatable bonds is 12. The average molecular weight is 802 g/mol. The highest BCUT2D eigenvalue weighted by atomic mass is 35.5. The number of allylic oxidation sites excluding steroid dienone is 2. The molecule has 3 aliphatic rings. The summed E-state index contributed by atoms with van der Waals surface area (Å²) >= 11 is 8.05. The number of fused-ring (bicyclic) bond motifs is 8. The van der Waals surface area contributed by atoms with Crippen LogP contribution in [0.25, 0.3) is 0 Å². The lowest BCUT2D eigenvalue weighted by molar-refractivity contribution is -0.139. The fourth-order valence-corrected chi connectivity index (χ4v) is 9.71. The van der Waals surface area contributed by atoms with Crippen molar-refractivity contribution in [1.29, 1.82) is 0 Å². The molecule has 4 atom stereocenters. The van der Waals surface area contributed by atoms with Crippen LogP contribution in [0.4, 0.5) is 4.39 Å². The summed E-state index contributed by atoms with van der Waals surface area (Å²) < 4.78 is 26.0. The Labute approximate surface area is 339 Å². The predicted molar refractivity (Wildman–Crippen MR) is 221 cm³/mol. The molecule has 3 aromatic carbocycles. The number of ether oxygens (including phenoxy) is 2. The number of ketones is 1. The van der Waals surface area contributed by atoms with Crippen LogP contribution in [0, 0.1) is 11.2 Å². The van der Waals surface area contributed by atoms with Gasteiger partial charge in [-0.15, -0.1) is 11.3 Å². The average Bonchev–Trinajstić information content (AvgIpc) is 3.79.